The average Bonchev–Trinajstić information content (AvgIpc) is 3.46. The number of carbonyl (C=O) groups excluding carboxylic acids is 4. The first-order chi connectivity index (χ1) is 19.9. The van der Waals surface area contributed by atoms with E-state index in [4.69, 9.17) is 11.6 Å². The summed E-state index contributed by atoms with van der Waals surface area (Å²) in [5.74, 6) is -3.01. The van der Waals surface area contributed by atoms with E-state index in [-0.39, 0.29) is 35.9 Å². The minimum atomic E-state index is -1.55. The molecule has 1 spiro atoms. The predicted octanol–water partition coefficient (Wildman–Crippen LogP) is 6.90. The fraction of sp³-hybridized carbons (Fsp3) is 0.371. The van der Waals surface area contributed by atoms with E-state index in [1.54, 1.807) is 43.1 Å². The zero-order chi connectivity index (χ0) is 30.3. The number of carbonyl (C=O) groups is 4. The topological polar surface area (TPSA) is 74.8 Å². The summed E-state index contributed by atoms with van der Waals surface area (Å²) in [5.41, 5.74) is 1.09. The van der Waals surface area contributed by atoms with Crippen LogP contribution in [0.4, 0.5) is 11.4 Å². The van der Waals surface area contributed by atoms with Gasteiger partial charge < -0.3 is 4.90 Å². The number of imide groups is 1. The van der Waals surface area contributed by atoms with Crippen LogP contribution in [0.3, 0.4) is 0 Å². The maximum Gasteiger partial charge on any atom is 0.241 e. The molecule has 1 aliphatic carbocycles. The number of ketones is 1. The second-order valence-electron chi connectivity index (χ2n) is 12.7. The van der Waals surface area contributed by atoms with Crippen LogP contribution in [-0.4, -0.2) is 30.6 Å². The van der Waals surface area contributed by atoms with Gasteiger partial charge in [0.15, 0.2) is 5.78 Å². The third-order valence-electron chi connectivity index (χ3n) is 10.0. The van der Waals surface area contributed by atoms with Gasteiger partial charge in [0.05, 0.1) is 17.0 Å². The Labute approximate surface area is 251 Å². The summed E-state index contributed by atoms with van der Waals surface area (Å²) in [6.45, 7) is 9.93. The first kappa shape index (κ1) is 28.4. The SMILES string of the molecule is CC(C)c1cccc(C(C)C)c1N1C(=O)[C@@H]2C[C@H](C(=O)c3ccc(Cl)cc3)[C@]3(C(=O)N(C)c4ccccc43)[C@]2(C)C1=O. The lowest BCUT2D eigenvalue weighted by Gasteiger charge is -2.41. The van der Waals surface area contributed by atoms with E-state index >= 15 is 4.79 Å². The number of amides is 3. The lowest BCUT2D eigenvalue weighted by atomic mass is 9.57. The molecule has 0 unspecified atom stereocenters. The maximum absolute atomic E-state index is 15.0. The molecule has 3 amide bonds. The van der Waals surface area contributed by atoms with Crippen LogP contribution in [0.25, 0.3) is 0 Å². The Kier molecular flexibility index (Phi) is 6.50. The van der Waals surface area contributed by atoms with Crippen molar-refractivity contribution in [2.24, 2.45) is 17.3 Å². The van der Waals surface area contributed by atoms with Gasteiger partial charge >= 0.3 is 0 Å². The molecule has 2 heterocycles. The molecule has 42 heavy (non-hydrogen) atoms. The number of para-hydroxylation sites is 2. The molecule has 4 atom stereocenters. The molecule has 2 aliphatic heterocycles. The first-order valence-corrected chi connectivity index (χ1v) is 14.9. The highest BCUT2D eigenvalue weighted by Crippen LogP contribution is 2.69. The molecule has 0 radical (unpaired) electrons. The minimum Gasteiger partial charge on any atom is -0.314 e. The third kappa shape index (κ3) is 3.45. The fourth-order valence-electron chi connectivity index (χ4n) is 7.97. The maximum atomic E-state index is 15.0. The molecule has 6 nitrogen and oxygen atoms in total. The second kappa shape index (κ2) is 9.63. The van der Waals surface area contributed by atoms with E-state index < -0.39 is 28.6 Å². The zero-order valence-electron chi connectivity index (χ0n) is 24.8. The van der Waals surface area contributed by atoms with Gasteiger partial charge in [-0.1, -0.05) is 75.7 Å². The first-order valence-electron chi connectivity index (χ1n) is 14.6. The summed E-state index contributed by atoms with van der Waals surface area (Å²) in [6.07, 6.45) is 0.0911. The van der Waals surface area contributed by atoms with Gasteiger partial charge in [0.2, 0.25) is 17.7 Å². The lowest BCUT2D eigenvalue weighted by molar-refractivity contribution is -0.138. The number of rotatable bonds is 5. The summed E-state index contributed by atoms with van der Waals surface area (Å²) in [7, 11) is 1.68. The van der Waals surface area contributed by atoms with E-state index in [2.05, 4.69) is 0 Å². The van der Waals surface area contributed by atoms with Crippen molar-refractivity contribution in [2.45, 2.75) is 58.3 Å². The van der Waals surface area contributed by atoms with Crippen LogP contribution in [0.1, 0.15) is 79.9 Å². The average molecular weight is 583 g/mol. The van der Waals surface area contributed by atoms with Crippen molar-refractivity contribution in [3.05, 3.63) is 94.0 Å². The Hall–Kier alpha value is -3.77. The van der Waals surface area contributed by atoms with Crippen LogP contribution in [-0.2, 0) is 19.8 Å². The fourth-order valence-corrected chi connectivity index (χ4v) is 8.09. The Bertz CT molecular complexity index is 1640. The van der Waals surface area contributed by atoms with Gasteiger partial charge in [0.25, 0.3) is 0 Å². The van der Waals surface area contributed by atoms with E-state index in [0.29, 0.717) is 27.5 Å². The molecule has 7 heteroatoms. The van der Waals surface area contributed by atoms with Gasteiger partial charge in [-0.3, -0.25) is 19.2 Å². The molecule has 0 bridgehead atoms. The molecule has 6 rings (SSSR count). The van der Waals surface area contributed by atoms with Gasteiger partial charge in [-0.25, -0.2) is 4.90 Å². The quantitative estimate of drug-likeness (QED) is 0.242. The summed E-state index contributed by atoms with van der Waals surface area (Å²) in [6, 6.07) is 19.8. The highest BCUT2D eigenvalue weighted by molar-refractivity contribution is 6.31. The monoisotopic (exact) mass is 582 g/mol. The number of hydrogen-bond donors (Lipinski definition) is 0. The normalized spacial score (nSPS) is 26.6. The number of hydrogen-bond acceptors (Lipinski definition) is 4. The summed E-state index contributed by atoms with van der Waals surface area (Å²) in [5, 5.41) is 0.490. The molecule has 216 valence electrons. The van der Waals surface area contributed by atoms with Crippen LogP contribution in [0.2, 0.25) is 5.02 Å². The molecule has 1 saturated carbocycles. The molecule has 2 fully saturated rings. The standard InChI is InChI=1S/C35H35ClN2O4/c1-19(2)23-10-9-11-24(20(3)4)29(23)38-31(40)27-18-26(30(39)21-14-16-22(36)17-15-21)35(34(27,5)32(38)41)25-12-7-8-13-28(25)37(6)33(35)42/h7-17,19-20,26-27H,18H2,1-6H3/t26-,27+,34+,35-/m1/s1. The van der Waals surface area contributed by atoms with Crippen molar-refractivity contribution < 1.29 is 19.2 Å². The minimum absolute atomic E-state index is 0.0562. The number of fused-ring (bicyclic) bond motifs is 4. The number of nitrogens with zero attached hydrogens (tertiary/aromatic N) is 2. The summed E-state index contributed by atoms with van der Waals surface area (Å²) < 4.78 is 0. The van der Waals surface area contributed by atoms with Crippen molar-refractivity contribution in [3.63, 3.8) is 0 Å². The highest BCUT2D eigenvalue weighted by Gasteiger charge is 2.80. The van der Waals surface area contributed by atoms with Gasteiger partial charge in [0.1, 0.15) is 5.41 Å². The Morgan fingerprint density at radius 3 is 2.05 bits per heavy atom. The van der Waals surface area contributed by atoms with Gasteiger partial charge in [-0.05, 0) is 72.2 Å². The number of Topliss-reactive ketones (excluding diaryl/α,β-unsaturated/α-hetero) is 1. The molecule has 0 N–H and O–H groups in total. The molecular weight excluding hydrogens is 548 g/mol. The molecule has 3 aliphatic rings. The van der Waals surface area contributed by atoms with Gasteiger partial charge in [-0.2, -0.15) is 0 Å². The van der Waals surface area contributed by atoms with Crippen molar-refractivity contribution in [2.75, 3.05) is 16.8 Å². The van der Waals surface area contributed by atoms with Crippen molar-refractivity contribution in [1.82, 2.24) is 0 Å². The molecule has 0 aromatic heterocycles. The van der Waals surface area contributed by atoms with Crippen LogP contribution >= 0.6 is 11.6 Å². The molecule has 1 saturated heterocycles. The highest BCUT2D eigenvalue weighted by atomic mass is 35.5. The van der Waals surface area contributed by atoms with Crippen LogP contribution in [0, 0.1) is 17.3 Å². The summed E-state index contributed by atoms with van der Waals surface area (Å²) >= 11 is 6.12. The van der Waals surface area contributed by atoms with Crippen molar-refractivity contribution in [3.8, 4) is 0 Å². The molecule has 3 aromatic rings. The Balaban J connectivity index is 1.61. The van der Waals surface area contributed by atoms with E-state index in [1.807, 2.05) is 70.2 Å². The third-order valence-corrected chi connectivity index (χ3v) is 10.3. The largest absolute Gasteiger partial charge is 0.314 e. The van der Waals surface area contributed by atoms with Crippen molar-refractivity contribution in [1.29, 1.82) is 0 Å². The van der Waals surface area contributed by atoms with Gasteiger partial charge in [-0.15, -0.1) is 0 Å². The second-order valence-corrected chi connectivity index (χ2v) is 13.1. The van der Waals surface area contributed by atoms with Crippen molar-refractivity contribution >= 4 is 46.5 Å². The van der Waals surface area contributed by atoms with E-state index in [9.17, 15) is 14.4 Å². The number of benzene rings is 3. The lowest BCUT2D eigenvalue weighted by Crippen LogP contribution is -2.57. The van der Waals surface area contributed by atoms with E-state index in [1.165, 1.54) is 4.90 Å². The zero-order valence-corrected chi connectivity index (χ0v) is 25.5. The number of halogens is 1. The number of likely N-dealkylation sites (N-methyl/N-ethyl adjacent to an activating group) is 1. The van der Waals surface area contributed by atoms with Gasteiger partial charge in [0, 0.05) is 29.2 Å². The summed E-state index contributed by atoms with van der Waals surface area (Å²) in [4.78, 5) is 61.6. The predicted molar refractivity (Wildman–Crippen MR) is 164 cm³/mol. The number of anilines is 2. The van der Waals surface area contributed by atoms with Crippen LogP contribution in [0.5, 0.6) is 0 Å². The Morgan fingerprint density at radius 1 is 0.857 bits per heavy atom. The Morgan fingerprint density at radius 2 is 1.45 bits per heavy atom. The van der Waals surface area contributed by atoms with E-state index in [0.717, 1.165) is 11.1 Å². The molecular formula is C35H35ClN2O4. The van der Waals surface area contributed by atoms with Crippen LogP contribution < -0.4 is 9.80 Å². The molecule has 3 aromatic carbocycles. The smallest absolute Gasteiger partial charge is 0.241 e. The van der Waals surface area contributed by atoms with Crippen LogP contribution in [0.15, 0.2) is 66.7 Å².